The molecule has 0 bridgehead atoms. The second-order valence-electron chi connectivity index (χ2n) is 5.94. The minimum absolute atomic E-state index is 0.0652. The normalized spacial score (nSPS) is 20.9. The number of carbonyl (C=O) groups excluding carboxylic acids is 1. The highest BCUT2D eigenvalue weighted by atomic mass is 32.2. The lowest BCUT2D eigenvalue weighted by molar-refractivity contribution is -0.140. The van der Waals surface area contributed by atoms with Crippen LogP contribution in [0.25, 0.3) is 0 Å². The molecule has 0 aliphatic carbocycles. The van der Waals surface area contributed by atoms with Crippen molar-refractivity contribution in [3.63, 3.8) is 0 Å². The van der Waals surface area contributed by atoms with Gasteiger partial charge in [-0.25, -0.2) is 0 Å². The molecule has 20 heavy (non-hydrogen) atoms. The number of rotatable bonds is 13. The predicted octanol–water partition coefficient (Wildman–Crippen LogP) is 5.34. The van der Waals surface area contributed by atoms with E-state index in [1.165, 1.54) is 71.3 Å². The van der Waals surface area contributed by atoms with E-state index >= 15 is 0 Å². The van der Waals surface area contributed by atoms with Crippen molar-refractivity contribution in [2.45, 2.75) is 94.5 Å². The van der Waals surface area contributed by atoms with Crippen molar-refractivity contribution in [2.24, 2.45) is 0 Å². The molecule has 0 N–H and O–H groups in total. The Morgan fingerprint density at radius 2 is 1.45 bits per heavy atom. The van der Waals surface area contributed by atoms with Crippen molar-refractivity contribution in [1.29, 1.82) is 0 Å². The van der Waals surface area contributed by atoms with Gasteiger partial charge in [0.1, 0.15) is 0 Å². The molecule has 118 valence electrons. The Balaban J connectivity index is 1.74. The lowest BCUT2D eigenvalue weighted by Crippen LogP contribution is -1.99. The molecule has 1 heterocycles. The second-order valence-corrected chi connectivity index (χ2v) is 7.43. The number of thioether (sulfide) groups is 1. The highest BCUT2D eigenvalue weighted by molar-refractivity contribution is 8.07. The molecular weight excluding hydrogens is 268 g/mol. The van der Waals surface area contributed by atoms with Crippen molar-refractivity contribution in [1.82, 2.24) is 0 Å². The van der Waals surface area contributed by atoms with Gasteiger partial charge in [-0.3, -0.25) is 4.79 Å². The Labute approximate surface area is 129 Å². The summed E-state index contributed by atoms with van der Waals surface area (Å²) >= 11 is 2.21. The summed E-state index contributed by atoms with van der Waals surface area (Å²) in [4.78, 5) is 10.9. The molecule has 1 rings (SSSR count). The van der Waals surface area contributed by atoms with Crippen LogP contribution in [0.3, 0.4) is 0 Å². The Hall–Kier alpha value is -0.180. The minimum Gasteiger partial charge on any atom is -0.469 e. The fourth-order valence-electron chi connectivity index (χ4n) is 2.69. The van der Waals surface area contributed by atoms with E-state index in [9.17, 15) is 4.79 Å². The first-order valence-corrected chi connectivity index (χ1v) is 9.44. The van der Waals surface area contributed by atoms with E-state index in [0.29, 0.717) is 6.42 Å². The Morgan fingerprint density at radius 3 is 2.05 bits per heavy atom. The molecule has 3 heteroatoms. The van der Waals surface area contributed by atoms with E-state index < -0.39 is 0 Å². The third-order valence-electron chi connectivity index (χ3n) is 4.13. The molecule has 0 aromatic rings. The van der Waals surface area contributed by atoms with Crippen molar-refractivity contribution in [3.8, 4) is 0 Å². The molecule has 0 radical (unpaired) electrons. The zero-order valence-electron chi connectivity index (χ0n) is 13.4. The highest BCUT2D eigenvalue weighted by Gasteiger charge is 2.36. The smallest absolute Gasteiger partial charge is 0.305 e. The zero-order valence-corrected chi connectivity index (χ0v) is 14.2. The lowest BCUT2D eigenvalue weighted by atomic mass is 10.0. The van der Waals surface area contributed by atoms with Gasteiger partial charge in [0.15, 0.2) is 0 Å². The van der Waals surface area contributed by atoms with Crippen LogP contribution in [-0.4, -0.2) is 23.6 Å². The molecule has 0 spiro atoms. The number of hydrogen-bond donors (Lipinski definition) is 0. The van der Waals surface area contributed by atoms with Gasteiger partial charge in [-0.2, -0.15) is 11.8 Å². The number of ether oxygens (including phenoxy) is 1. The van der Waals surface area contributed by atoms with E-state index in [-0.39, 0.29) is 5.97 Å². The van der Waals surface area contributed by atoms with Crippen LogP contribution in [0, 0.1) is 0 Å². The number of unbranched alkanes of at least 4 members (excludes halogenated alkanes) is 7. The van der Waals surface area contributed by atoms with Crippen molar-refractivity contribution in [3.05, 3.63) is 0 Å². The van der Waals surface area contributed by atoms with E-state index in [2.05, 4.69) is 23.4 Å². The predicted molar refractivity (Wildman–Crippen MR) is 88.3 cm³/mol. The first kappa shape index (κ1) is 17.9. The average Bonchev–Trinajstić information content (AvgIpc) is 3.21. The van der Waals surface area contributed by atoms with Crippen molar-refractivity contribution < 1.29 is 9.53 Å². The monoisotopic (exact) mass is 300 g/mol. The van der Waals surface area contributed by atoms with Gasteiger partial charge in [0.05, 0.1) is 7.11 Å². The van der Waals surface area contributed by atoms with Crippen LogP contribution < -0.4 is 0 Å². The molecule has 0 saturated carbocycles. The van der Waals surface area contributed by atoms with Gasteiger partial charge in [-0.15, -0.1) is 0 Å². The van der Waals surface area contributed by atoms with Crippen molar-refractivity contribution in [2.75, 3.05) is 7.11 Å². The summed E-state index contributed by atoms with van der Waals surface area (Å²) in [6.45, 7) is 2.28. The topological polar surface area (TPSA) is 26.3 Å². The highest BCUT2D eigenvalue weighted by Crippen LogP contribution is 2.47. The van der Waals surface area contributed by atoms with Crippen molar-refractivity contribution >= 4 is 17.7 Å². The van der Waals surface area contributed by atoms with Gasteiger partial charge in [0, 0.05) is 16.9 Å². The minimum atomic E-state index is -0.0652. The first-order chi connectivity index (χ1) is 9.77. The van der Waals surface area contributed by atoms with Gasteiger partial charge < -0.3 is 4.74 Å². The van der Waals surface area contributed by atoms with E-state index in [1.807, 2.05) is 0 Å². The number of esters is 1. The maximum atomic E-state index is 10.9. The fourth-order valence-corrected chi connectivity index (χ4v) is 3.93. The maximum absolute atomic E-state index is 10.9. The van der Waals surface area contributed by atoms with Gasteiger partial charge >= 0.3 is 5.97 Å². The summed E-state index contributed by atoms with van der Waals surface area (Å²) in [5.74, 6) is -0.0652. The number of methoxy groups -OCH3 is 1. The largest absolute Gasteiger partial charge is 0.469 e. The molecule has 2 unspecified atom stereocenters. The molecule has 0 aromatic heterocycles. The van der Waals surface area contributed by atoms with Crippen LogP contribution >= 0.6 is 11.8 Å². The molecular formula is C17H32O2S. The third-order valence-corrected chi connectivity index (χ3v) is 5.64. The summed E-state index contributed by atoms with van der Waals surface area (Å²) in [5, 5.41) is 2.01. The molecule has 0 amide bonds. The summed E-state index contributed by atoms with van der Waals surface area (Å²) in [6, 6.07) is 0. The molecule has 0 aromatic carbocycles. The summed E-state index contributed by atoms with van der Waals surface area (Å²) < 4.78 is 4.63. The summed E-state index contributed by atoms with van der Waals surface area (Å²) in [5.41, 5.74) is 0. The fraction of sp³-hybridized carbons (Fsp3) is 0.941. The van der Waals surface area contributed by atoms with Gasteiger partial charge in [0.25, 0.3) is 0 Å². The van der Waals surface area contributed by atoms with Gasteiger partial charge in [-0.05, 0) is 19.3 Å². The SMILES string of the molecule is CCCCC1SC1CCCCCCCCCC(=O)OC. The van der Waals surface area contributed by atoms with Crippen LogP contribution in [0.2, 0.25) is 0 Å². The van der Waals surface area contributed by atoms with E-state index in [1.54, 1.807) is 0 Å². The molecule has 2 atom stereocenters. The van der Waals surface area contributed by atoms with Crippen LogP contribution in [0.4, 0.5) is 0 Å². The second kappa shape index (κ2) is 11.5. The molecule has 1 fully saturated rings. The number of carbonyl (C=O) groups is 1. The summed E-state index contributed by atoms with van der Waals surface area (Å²) in [7, 11) is 1.47. The third kappa shape index (κ3) is 8.89. The van der Waals surface area contributed by atoms with E-state index in [0.717, 1.165) is 16.9 Å². The lowest BCUT2D eigenvalue weighted by Gasteiger charge is -2.02. The van der Waals surface area contributed by atoms with Crippen LogP contribution in [0.15, 0.2) is 0 Å². The van der Waals surface area contributed by atoms with E-state index in [4.69, 9.17) is 0 Å². The standard InChI is InChI=1S/C17H32O2S/c1-3-4-12-15-16(20-15)13-10-8-6-5-7-9-11-14-17(18)19-2/h15-16H,3-14H2,1-2H3. The maximum Gasteiger partial charge on any atom is 0.305 e. The Morgan fingerprint density at radius 1 is 0.900 bits per heavy atom. The van der Waals surface area contributed by atoms with Crippen LogP contribution in [0.1, 0.15) is 84.0 Å². The first-order valence-electron chi connectivity index (χ1n) is 8.50. The van der Waals surface area contributed by atoms with Crippen LogP contribution in [-0.2, 0) is 9.53 Å². The average molecular weight is 301 g/mol. The van der Waals surface area contributed by atoms with Crippen LogP contribution in [0.5, 0.6) is 0 Å². The Bertz CT molecular complexity index is 255. The zero-order chi connectivity index (χ0) is 14.6. The molecule has 2 nitrogen and oxygen atoms in total. The Kier molecular flexibility index (Phi) is 10.3. The molecule has 1 aliphatic rings. The van der Waals surface area contributed by atoms with Gasteiger partial charge in [0.2, 0.25) is 0 Å². The van der Waals surface area contributed by atoms with Gasteiger partial charge in [-0.1, -0.05) is 58.3 Å². The molecule has 1 saturated heterocycles. The summed E-state index contributed by atoms with van der Waals surface area (Å²) in [6.07, 6.45) is 15.2. The quantitative estimate of drug-likeness (QED) is 0.261. The molecule has 1 aliphatic heterocycles. The number of hydrogen-bond acceptors (Lipinski definition) is 3.